The average Bonchev–Trinajstić information content (AvgIpc) is 2.61. The molecule has 0 saturated heterocycles. The Hall–Kier alpha value is -2.21. The summed E-state index contributed by atoms with van der Waals surface area (Å²) in [6.45, 7) is 3.76. The van der Waals surface area contributed by atoms with Crippen molar-refractivity contribution in [3.05, 3.63) is 59.7 Å². The molecule has 5 heteroatoms. The number of aliphatic hydroxyl groups excluding tert-OH is 1. The molecule has 0 aliphatic carbocycles. The zero-order valence-corrected chi connectivity index (χ0v) is 14.0. The van der Waals surface area contributed by atoms with Crippen molar-refractivity contribution in [2.45, 2.75) is 32.4 Å². The second-order valence-electron chi connectivity index (χ2n) is 5.81. The van der Waals surface area contributed by atoms with Crippen LogP contribution in [0.4, 0.5) is 0 Å². The van der Waals surface area contributed by atoms with Crippen LogP contribution in [0.15, 0.2) is 48.5 Å². The van der Waals surface area contributed by atoms with Crippen LogP contribution in [-0.2, 0) is 6.42 Å². The van der Waals surface area contributed by atoms with Gasteiger partial charge >= 0.3 is 0 Å². The van der Waals surface area contributed by atoms with Crippen molar-refractivity contribution in [2.24, 2.45) is 0 Å². The second kappa shape index (κ2) is 8.59. The van der Waals surface area contributed by atoms with Crippen molar-refractivity contribution in [2.75, 3.05) is 6.54 Å². The number of aliphatic hydroxyl groups is 1. The van der Waals surface area contributed by atoms with Gasteiger partial charge in [0.1, 0.15) is 0 Å². The lowest BCUT2D eigenvalue weighted by molar-refractivity contribution is 0.0767. The molecule has 4 N–H and O–H groups in total. The van der Waals surface area contributed by atoms with Crippen molar-refractivity contribution in [3.63, 3.8) is 0 Å². The van der Waals surface area contributed by atoms with Gasteiger partial charge in [-0.25, -0.2) is 5.48 Å². The van der Waals surface area contributed by atoms with Gasteiger partial charge in [-0.3, -0.25) is 4.79 Å². The van der Waals surface area contributed by atoms with Crippen LogP contribution in [0.25, 0.3) is 11.1 Å². The first-order valence-corrected chi connectivity index (χ1v) is 8.10. The highest BCUT2D eigenvalue weighted by molar-refractivity contribution is 5.94. The summed E-state index contributed by atoms with van der Waals surface area (Å²) in [5, 5.41) is 21.1. The van der Waals surface area contributed by atoms with Gasteiger partial charge in [-0.15, -0.1) is 0 Å². The molecule has 24 heavy (non-hydrogen) atoms. The van der Waals surface area contributed by atoms with Crippen LogP contribution in [0.3, 0.4) is 0 Å². The Morgan fingerprint density at radius 1 is 1.04 bits per heavy atom. The van der Waals surface area contributed by atoms with Crippen LogP contribution in [-0.4, -0.2) is 34.9 Å². The highest BCUT2D eigenvalue weighted by Crippen LogP contribution is 2.20. The van der Waals surface area contributed by atoms with Gasteiger partial charge in [0.2, 0.25) is 0 Å². The van der Waals surface area contributed by atoms with Gasteiger partial charge in [-0.2, -0.15) is 0 Å². The van der Waals surface area contributed by atoms with Gasteiger partial charge in [0, 0.05) is 12.1 Å². The molecule has 0 unspecified atom stereocenters. The van der Waals surface area contributed by atoms with Gasteiger partial charge in [-0.1, -0.05) is 43.3 Å². The van der Waals surface area contributed by atoms with Crippen LogP contribution in [0, 0.1) is 0 Å². The molecule has 0 fully saturated rings. The number of hydroxylamine groups is 1. The molecule has 128 valence electrons. The number of hydrogen-bond acceptors (Lipinski definition) is 4. The third-order valence-electron chi connectivity index (χ3n) is 4.05. The van der Waals surface area contributed by atoms with E-state index in [0.717, 1.165) is 17.5 Å². The summed E-state index contributed by atoms with van der Waals surface area (Å²) in [6, 6.07) is 15.1. The van der Waals surface area contributed by atoms with Crippen molar-refractivity contribution < 1.29 is 15.1 Å². The minimum absolute atomic E-state index is 0.0747. The van der Waals surface area contributed by atoms with Gasteiger partial charge in [0.15, 0.2) is 0 Å². The molecule has 2 atom stereocenters. The third-order valence-corrected chi connectivity index (χ3v) is 4.05. The van der Waals surface area contributed by atoms with E-state index >= 15 is 0 Å². The predicted molar refractivity (Wildman–Crippen MR) is 94.0 cm³/mol. The molecule has 0 radical (unpaired) electrons. The van der Waals surface area contributed by atoms with E-state index in [1.165, 1.54) is 5.56 Å². The topological polar surface area (TPSA) is 81.6 Å². The fourth-order valence-electron chi connectivity index (χ4n) is 2.44. The van der Waals surface area contributed by atoms with E-state index in [0.29, 0.717) is 5.56 Å². The zero-order chi connectivity index (χ0) is 17.5. The summed E-state index contributed by atoms with van der Waals surface area (Å²) in [5.74, 6) is -0.288. The van der Waals surface area contributed by atoms with Crippen LogP contribution >= 0.6 is 0 Å². The number of hydrogen-bond donors (Lipinski definition) is 4. The summed E-state index contributed by atoms with van der Waals surface area (Å²) in [6.07, 6.45) is 0.233. The summed E-state index contributed by atoms with van der Waals surface area (Å²) >= 11 is 0. The fourth-order valence-corrected chi connectivity index (χ4v) is 2.44. The molecule has 0 aliphatic rings. The van der Waals surface area contributed by atoms with Crippen molar-refractivity contribution in [1.82, 2.24) is 10.8 Å². The molecule has 2 aromatic rings. The van der Waals surface area contributed by atoms with E-state index in [1.54, 1.807) is 19.1 Å². The zero-order valence-electron chi connectivity index (χ0n) is 14.0. The van der Waals surface area contributed by atoms with Crippen molar-refractivity contribution in [3.8, 4) is 11.1 Å². The lowest BCUT2D eigenvalue weighted by Crippen LogP contribution is -2.47. The second-order valence-corrected chi connectivity index (χ2v) is 5.81. The van der Waals surface area contributed by atoms with Gasteiger partial charge < -0.3 is 15.6 Å². The Balaban J connectivity index is 2.08. The molecule has 0 saturated carbocycles. The Morgan fingerprint density at radius 3 is 2.04 bits per heavy atom. The molecule has 5 nitrogen and oxygen atoms in total. The average molecular weight is 328 g/mol. The maximum Gasteiger partial charge on any atom is 0.251 e. The lowest BCUT2D eigenvalue weighted by atomic mass is 10.0. The van der Waals surface area contributed by atoms with Crippen LogP contribution in [0.2, 0.25) is 0 Å². The van der Waals surface area contributed by atoms with E-state index < -0.39 is 12.1 Å². The number of amides is 1. The van der Waals surface area contributed by atoms with Crippen LogP contribution in [0.1, 0.15) is 29.8 Å². The van der Waals surface area contributed by atoms with E-state index in [-0.39, 0.29) is 12.5 Å². The van der Waals surface area contributed by atoms with Crippen LogP contribution < -0.4 is 10.8 Å². The number of carbonyl (C=O) groups excluding carboxylic acids is 1. The largest absolute Gasteiger partial charge is 0.391 e. The Morgan fingerprint density at radius 2 is 1.58 bits per heavy atom. The number of rotatable bonds is 7. The summed E-state index contributed by atoms with van der Waals surface area (Å²) in [5.41, 5.74) is 5.91. The quantitative estimate of drug-likeness (QED) is 0.588. The van der Waals surface area contributed by atoms with Gasteiger partial charge in [-0.05, 0) is 42.2 Å². The highest BCUT2D eigenvalue weighted by atomic mass is 16.5. The minimum Gasteiger partial charge on any atom is -0.391 e. The molecule has 2 rings (SSSR count). The highest BCUT2D eigenvalue weighted by Gasteiger charge is 2.18. The van der Waals surface area contributed by atoms with Gasteiger partial charge in [0.25, 0.3) is 5.91 Å². The number of nitrogens with one attached hydrogen (secondary N) is 2. The predicted octanol–water partition coefficient (Wildman–Crippen LogP) is 2.37. The first-order valence-electron chi connectivity index (χ1n) is 8.10. The molecule has 0 heterocycles. The maximum atomic E-state index is 12.2. The first kappa shape index (κ1) is 18.1. The van der Waals surface area contributed by atoms with Crippen molar-refractivity contribution >= 4 is 5.91 Å². The third kappa shape index (κ3) is 4.64. The summed E-state index contributed by atoms with van der Waals surface area (Å²) in [7, 11) is 0. The summed E-state index contributed by atoms with van der Waals surface area (Å²) < 4.78 is 0. The molecule has 0 aliphatic heterocycles. The molecule has 2 aromatic carbocycles. The van der Waals surface area contributed by atoms with Gasteiger partial charge in [0.05, 0.1) is 12.1 Å². The Bertz CT molecular complexity index is 651. The normalized spacial score (nSPS) is 13.3. The monoisotopic (exact) mass is 328 g/mol. The molecule has 0 bridgehead atoms. The first-order chi connectivity index (χ1) is 11.5. The molecular formula is C19H24N2O3. The van der Waals surface area contributed by atoms with Crippen molar-refractivity contribution in [1.29, 1.82) is 0 Å². The summed E-state index contributed by atoms with van der Waals surface area (Å²) in [4.78, 5) is 12.2. The molecular weight excluding hydrogens is 304 g/mol. The maximum absolute atomic E-state index is 12.2. The van der Waals surface area contributed by atoms with E-state index in [2.05, 4.69) is 36.5 Å². The van der Waals surface area contributed by atoms with E-state index in [4.69, 9.17) is 5.21 Å². The number of aryl methyl sites for hydroxylation is 1. The number of benzene rings is 2. The molecule has 0 spiro atoms. The number of carbonyl (C=O) groups is 1. The smallest absolute Gasteiger partial charge is 0.251 e. The molecule has 0 aromatic heterocycles. The SMILES string of the molecule is CCc1ccc(-c2ccc(C(=O)N[C@H](CNO)[C@@H](C)O)cc2)cc1. The lowest BCUT2D eigenvalue weighted by Gasteiger charge is -2.20. The fraction of sp³-hybridized carbons (Fsp3) is 0.316. The van der Waals surface area contributed by atoms with E-state index in [9.17, 15) is 9.90 Å². The van der Waals surface area contributed by atoms with E-state index in [1.807, 2.05) is 17.6 Å². The van der Waals surface area contributed by atoms with Crippen LogP contribution in [0.5, 0.6) is 0 Å². The standard InChI is InChI=1S/C19H24N2O3/c1-3-14-4-6-15(7-5-14)16-8-10-17(11-9-16)19(23)21-18(12-20-24)13(2)22/h4-11,13,18,20,22,24H,3,12H2,1-2H3,(H,21,23)/t13-,18-/m1/s1. The Labute approximate surface area is 142 Å². The minimum atomic E-state index is -0.773. The molecule has 1 amide bonds. The Kier molecular flexibility index (Phi) is 6.49.